The van der Waals surface area contributed by atoms with Crippen LogP contribution in [0.2, 0.25) is 0 Å². The Kier molecular flexibility index (Phi) is 3.98. The lowest BCUT2D eigenvalue weighted by atomic mass is 10.1. The lowest BCUT2D eigenvalue weighted by Gasteiger charge is -2.01. The van der Waals surface area contributed by atoms with Crippen molar-refractivity contribution in [2.45, 2.75) is 13.8 Å². The van der Waals surface area contributed by atoms with Crippen molar-refractivity contribution < 1.29 is 9.53 Å². The lowest BCUT2D eigenvalue weighted by Crippen LogP contribution is -2.01. The molecule has 0 aliphatic heterocycles. The van der Waals surface area contributed by atoms with Crippen molar-refractivity contribution in [3.63, 3.8) is 0 Å². The fourth-order valence-corrected chi connectivity index (χ4v) is 2.51. The summed E-state index contributed by atoms with van der Waals surface area (Å²) in [6.07, 6.45) is 3.95. The van der Waals surface area contributed by atoms with Crippen LogP contribution in [0.25, 0.3) is 23.2 Å². The van der Waals surface area contributed by atoms with Gasteiger partial charge in [-0.2, -0.15) is 0 Å². The maximum absolute atomic E-state index is 11.8. The molecular formula is C19H18N2O2. The summed E-state index contributed by atoms with van der Waals surface area (Å²) in [4.78, 5) is 19.5. The number of methoxy groups -OCH3 is 1. The Labute approximate surface area is 134 Å². The van der Waals surface area contributed by atoms with Gasteiger partial charge in [0, 0.05) is 0 Å². The zero-order valence-corrected chi connectivity index (χ0v) is 13.4. The highest BCUT2D eigenvalue weighted by atomic mass is 16.5. The number of fused-ring (bicyclic) bond motifs is 1. The smallest absolute Gasteiger partial charge is 0.340 e. The van der Waals surface area contributed by atoms with Gasteiger partial charge < -0.3 is 9.72 Å². The number of para-hydroxylation sites is 1. The molecule has 0 unspecified atom stereocenters. The number of carbonyl (C=O) groups is 1. The van der Waals surface area contributed by atoms with Crippen molar-refractivity contribution in [2.24, 2.45) is 0 Å². The molecule has 0 atom stereocenters. The fourth-order valence-electron chi connectivity index (χ4n) is 2.51. The van der Waals surface area contributed by atoms with Crippen LogP contribution in [0, 0.1) is 13.8 Å². The number of hydrogen-bond acceptors (Lipinski definition) is 3. The number of carbonyl (C=O) groups excluding carboxylic acids is 1. The van der Waals surface area contributed by atoms with Crippen molar-refractivity contribution in [3.05, 3.63) is 64.5 Å². The van der Waals surface area contributed by atoms with Gasteiger partial charge in [0.05, 0.1) is 18.2 Å². The number of nitrogens with zero attached hydrogens (tertiary/aromatic N) is 1. The normalized spacial score (nSPS) is 11.3. The number of benzene rings is 2. The molecule has 3 rings (SSSR count). The van der Waals surface area contributed by atoms with Gasteiger partial charge in [-0.05, 0) is 43.2 Å². The van der Waals surface area contributed by atoms with Crippen molar-refractivity contribution in [3.8, 4) is 0 Å². The average Bonchev–Trinajstić information content (AvgIpc) is 2.97. The predicted molar refractivity (Wildman–Crippen MR) is 92.3 cm³/mol. The monoisotopic (exact) mass is 306 g/mol. The molecule has 3 aromatic rings. The summed E-state index contributed by atoms with van der Waals surface area (Å²) in [6.45, 7) is 4.15. The topological polar surface area (TPSA) is 55.0 Å². The van der Waals surface area contributed by atoms with E-state index in [0.717, 1.165) is 11.1 Å². The number of rotatable bonds is 3. The summed E-state index contributed by atoms with van der Waals surface area (Å²) in [7, 11) is 1.37. The number of H-pyrrole nitrogens is 1. The molecule has 2 aromatic carbocycles. The third-order valence-electron chi connectivity index (χ3n) is 3.79. The minimum Gasteiger partial charge on any atom is -0.465 e. The van der Waals surface area contributed by atoms with E-state index in [1.807, 2.05) is 24.3 Å². The SMILES string of the molecule is COC(=O)c1cccc2[nH]c(C=Cc3cc(C)ccc3C)nc12. The first-order chi connectivity index (χ1) is 11.1. The van der Waals surface area contributed by atoms with Crippen LogP contribution in [0.5, 0.6) is 0 Å². The molecular weight excluding hydrogens is 288 g/mol. The van der Waals surface area contributed by atoms with Crippen LogP contribution in [0.4, 0.5) is 0 Å². The summed E-state index contributed by atoms with van der Waals surface area (Å²) in [5, 5.41) is 0. The Bertz CT molecular complexity index is 907. The Morgan fingerprint density at radius 1 is 1.17 bits per heavy atom. The lowest BCUT2D eigenvalue weighted by molar-refractivity contribution is 0.0603. The van der Waals surface area contributed by atoms with Gasteiger partial charge in [0.15, 0.2) is 0 Å². The molecule has 0 radical (unpaired) electrons. The summed E-state index contributed by atoms with van der Waals surface area (Å²) in [5.74, 6) is 0.324. The number of aryl methyl sites for hydroxylation is 2. The molecule has 0 aliphatic carbocycles. The van der Waals surface area contributed by atoms with Crippen molar-refractivity contribution >= 4 is 29.2 Å². The summed E-state index contributed by atoms with van der Waals surface area (Å²) < 4.78 is 4.80. The highest BCUT2D eigenvalue weighted by molar-refractivity contribution is 6.02. The van der Waals surface area contributed by atoms with E-state index in [1.54, 1.807) is 6.07 Å². The van der Waals surface area contributed by atoms with Crippen LogP contribution < -0.4 is 0 Å². The molecule has 0 spiro atoms. The molecule has 1 heterocycles. The van der Waals surface area contributed by atoms with Crippen LogP contribution in [-0.2, 0) is 4.74 Å². The van der Waals surface area contributed by atoms with Crippen LogP contribution >= 0.6 is 0 Å². The third-order valence-corrected chi connectivity index (χ3v) is 3.79. The van der Waals surface area contributed by atoms with E-state index < -0.39 is 0 Å². The molecule has 4 nitrogen and oxygen atoms in total. The zero-order chi connectivity index (χ0) is 16.4. The second-order valence-electron chi connectivity index (χ2n) is 5.51. The van der Waals surface area contributed by atoms with Crippen molar-refractivity contribution in [1.29, 1.82) is 0 Å². The molecule has 23 heavy (non-hydrogen) atoms. The quantitative estimate of drug-likeness (QED) is 0.740. The van der Waals surface area contributed by atoms with E-state index in [2.05, 4.69) is 42.0 Å². The molecule has 1 aromatic heterocycles. The Balaban J connectivity index is 1.99. The van der Waals surface area contributed by atoms with E-state index in [1.165, 1.54) is 18.2 Å². The van der Waals surface area contributed by atoms with E-state index in [-0.39, 0.29) is 5.97 Å². The zero-order valence-electron chi connectivity index (χ0n) is 13.4. The number of aromatic amines is 1. The van der Waals surface area contributed by atoms with Gasteiger partial charge in [0.2, 0.25) is 0 Å². The molecule has 0 aliphatic rings. The van der Waals surface area contributed by atoms with Crippen LogP contribution in [-0.4, -0.2) is 23.0 Å². The minimum absolute atomic E-state index is 0.382. The van der Waals surface area contributed by atoms with Gasteiger partial charge in [0.25, 0.3) is 0 Å². The first kappa shape index (κ1) is 15.0. The minimum atomic E-state index is -0.382. The van der Waals surface area contributed by atoms with E-state index in [0.29, 0.717) is 16.9 Å². The molecule has 1 N–H and O–H groups in total. The molecule has 0 saturated heterocycles. The van der Waals surface area contributed by atoms with Crippen molar-refractivity contribution in [2.75, 3.05) is 7.11 Å². The Morgan fingerprint density at radius 2 is 2.00 bits per heavy atom. The average molecular weight is 306 g/mol. The number of aromatic nitrogens is 2. The van der Waals surface area contributed by atoms with Crippen LogP contribution in [0.15, 0.2) is 36.4 Å². The summed E-state index contributed by atoms with van der Waals surface area (Å²) >= 11 is 0. The maximum atomic E-state index is 11.8. The van der Waals surface area contributed by atoms with Crippen LogP contribution in [0.3, 0.4) is 0 Å². The van der Waals surface area contributed by atoms with Gasteiger partial charge in [-0.15, -0.1) is 0 Å². The molecule has 4 heteroatoms. The van der Waals surface area contributed by atoms with Gasteiger partial charge in [0.1, 0.15) is 11.3 Å². The maximum Gasteiger partial charge on any atom is 0.340 e. The van der Waals surface area contributed by atoms with E-state index >= 15 is 0 Å². The standard InChI is InChI=1S/C19H18N2O2/c1-12-7-8-13(2)14(11-12)9-10-17-20-16-6-4-5-15(18(16)21-17)19(22)23-3/h4-11H,1-3H3,(H,20,21). The van der Waals surface area contributed by atoms with Gasteiger partial charge in [-0.3, -0.25) is 0 Å². The number of hydrogen-bond donors (Lipinski definition) is 1. The third kappa shape index (κ3) is 3.01. The summed E-state index contributed by atoms with van der Waals surface area (Å²) in [5.41, 5.74) is 5.48. The predicted octanol–water partition coefficient (Wildman–Crippen LogP) is 4.14. The van der Waals surface area contributed by atoms with Gasteiger partial charge in [-0.1, -0.05) is 35.9 Å². The molecule has 0 saturated carbocycles. The second-order valence-corrected chi connectivity index (χ2v) is 5.51. The first-order valence-corrected chi connectivity index (χ1v) is 7.41. The fraction of sp³-hybridized carbons (Fsp3) is 0.158. The van der Waals surface area contributed by atoms with Crippen LogP contribution in [0.1, 0.15) is 32.9 Å². The highest BCUT2D eigenvalue weighted by Gasteiger charge is 2.12. The number of imidazole rings is 1. The highest BCUT2D eigenvalue weighted by Crippen LogP contribution is 2.19. The molecule has 0 bridgehead atoms. The number of ether oxygens (including phenoxy) is 1. The first-order valence-electron chi connectivity index (χ1n) is 7.41. The van der Waals surface area contributed by atoms with Gasteiger partial charge in [-0.25, -0.2) is 9.78 Å². The van der Waals surface area contributed by atoms with E-state index in [4.69, 9.17) is 4.74 Å². The Morgan fingerprint density at radius 3 is 2.78 bits per heavy atom. The van der Waals surface area contributed by atoms with Gasteiger partial charge >= 0.3 is 5.97 Å². The summed E-state index contributed by atoms with van der Waals surface area (Å²) in [6, 6.07) is 11.7. The molecule has 0 amide bonds. The van der Waals surface area contributed by atoms with E-state index in [9.17, 15) is 4.79 Å². The largest absolute Gasteiger partial charge is 0.465 e. The van der Waals surface area contributed by atoms with Crippen molar-refractivity contribution in [1.82, 2.24) is 9.97 Å². The number of esters is 1. The second kappa shape index (κ2) is 6.08. The molecule has 0 fully saturated rings. The molecule has 116 valence electrons. The Hall–Kier alpha value is -2.88. The number of nitrogens with one attached hydrogen (secondary N) is 1.